The molecule has 1 N–H and O–H groups in total. The number of carbonyl (C=O) groups is 1. The normalized spacial score (nSPS) is 12.9. The standard InChI is InChI=1S/C12H24O3/c1-4-6-11(7-5-2)12(14)15-9-8-10(3)13/h10-11,13H,4-9H2,1-3H3/t10-/m1/s1. The van der Waals surface area contributed by atoms with E-state index in [2.05, 4.69) is 13.8 Å². The minimum absolute atomic E-state index is 0.0500. The molecule has 3 nitrogen and oxygen atoms in total. The Labute approximate surface area is 92.8 Å². The Hall–Kier alpha value is -0.570. The van der Waals surface area contributed by atoms with Crippen molar-refractivity contribution in [2.75, 3.05) is 6.61 Å². The van der Waals surface area contributed by atoms with E-state index in [4.69, 9.17) is 9.84 Å². The Morgan fingerprint density at radius 3 is 2.13 bits per heavy atom. The van der Waals surface area contributed by atoms with Crippen LogP contribution in [0.1, 0.15) is 52.9 Å². The van der Waals surface area contributed by atoms with Gasteiger partial charge in [0.05, 0.1) is 18.6 Å². The molecule has 0 aromatic rings. The van der Waals surface area contributed by atoms with E-state index in [1.165, 1.54) is 0 Å². The van der Waals surface area contributed by atoms with Crippen LogP contribution in [-0.2, 0) is 9.53 Å². The van der Waals surface area contributed by atoms with Crippen LogP contribution in [0.2, 0.25) is 0 Å². The van der Waals surface area contributed by atoms with Gasteiger partial charge in [-0.1, -0.05) is 26.7 Å². The van der Waals surface area contributed by atoms with Crippen molar-refractivity contribution in [3.8, 4) is 0 Å². The fourth-order valence-corrected chi connectivity index (χ4v) is 1.52. The molecule has 0 unspecified atom stereocenters. The quantitative estimate of drug-likeness (QED) is 0.634. The lowest BCUT2D eigenvalue weighted by atomic mass is 9.99. The summed E-state index contributed by atoms with van der Waals surface area (Å²) >= 11 is 0. The Morgan fingerprint density at radius 1 is 1.20 bits per heavy atom. The van der Waals surface area contributed by atoms with Crippen LogP contribution >= 0.6 is 0 Å². The van der Waals surface area contributed by atoms with E-state index in [1.54, 1.807) is 6.92 Å². The summed E-state index contributed by atoms with van der Waals surface area (Å²) in [6, 6.07) is 0. The van der Waals surface area contributed by atoms with Crippen LogP contribution in [0, 0.1) is 5.92 Å². The summed E-state index contributed by atoms with van der Waals surface area (Å²) in [5.41, 5.74) is 0. The average molecular weight is 216 g/mol. The molecule has 15 heavy (non-hydrogen) atoms. The predicted molar refractivity (Wildman–Crippen MR) is 60.6 cm³/mol. The van der Waals surface area contributed by atoms with Gasteiger partial charge in [-0.15, -0.1) is 0 Å². The van der Waals surface area contributed by atoms with Crippen molar-refractivity contribution in [1.29, 1.82) is 0 Å². The first-order valence-electron chi connectivity index (χ1n) is 5.96. The monoisotopic (exact) mass is 216 g/mol. The Bertz CT molecular complexity index is 160. The molecule has 0 aromatic heterocycles. The molecule has 0 rings (SSSR count). The van der Waals surface area contributed by atoms with Crippen LogP contribution in [0.4, 0.5) is 0 Å². The van der Waals surface area contributed by atoms with E-state index in [1.807, 2.05) is 0 Å². The van der Waals surface area contributed by atoms with E-state index < -0.39 is 6.10 Å². The third-order valence-electron chi connectivity index (χ3n) is 2.39. The van der Waals surface area contributed by atoms with Crippen LogP contribution in [0.5, 0.6) is 0 Å². The second-order valence-corrected chi connectivity index (χ2v) is 4.08. The highest BCUT2D eigenvalue weighted by atomic mass is 16.5. The molecule has 0 radical (unpaired) electrons. The molecule has 0 aliphatic carbocycles. The summed E-state index contributed by atoms with van der Waals surface area (Å²) in [7, 11) is 0. The summed E-state index contributed by atoms with van der Waals surface area (Å²) in [6.45, 7) is 6.18. The number of hydrogen-bond acceptors (Lipinski definition) is 3. The molecule has 1 atom stereocenters. The zero-order chi connectivity index (χ0) is 11.7. The van der Waals surface area contributed by atoms with E-state index >= 15 is 0 Å². The molecule has 0 aliphatic rings. The van der Waals surface area contributed by atoms with Crippen LogP contribution in [0.3, 0.4) is 0 Å². The van der Waals surface area contributed by atoms with Crippen molar-refractivity contribution in [3.05, 3.63) is 0 Å². The number of carbonyl (C=O) groups excluding carboxylic acids is 1. The maximum atomic E-state index is 11.6. The number of ether oxygens (including phenoxy) is 1. The summed E-state index contributed by atoms with van der Waals surface area (Å²) in [6.07, 6.45) is 3.96. The lowest BCUT2D eigenvalue weighted by Gasteiger charge is -2.14. The van der Waals surface area contributed by atoms with Crippen molar-refractivity contribution in [2.45, 2.75) is 59.0 Å². The minimum Gasteiger partial charge on any atom is -0.465 e. The SMILES string of the molecule is CCCC(CCC)C(=O)OCC[C@@H](C)O. The number of hydrogen-bond donors (Lipinski definition) is 1. The lowest BCUT2D eigenvalue weighted by molar-refractivity contribution is -0.149. The van der Waals surface area contributed by atoms with Gasteiger partial charge in [0.2, 0.25) is 0 Å². The Kier molecular flexibility index (Phi) is 8.38. The van der Waals surface area contributed by atoms with E-state index in [0.29, 0.717) is 13.0 Å². The van der Waals surface area contributed by atoms with Gasteiger partial charge in [-0.3, -0.25) is 4.79 Å². The van der Waals surface area contributed by atoms with Gasteiger partial charge in [0.1, 0.15) is 0 Å². The van der Waals surface area contributed by atoms with Crippen molar-refractivity contribution in [1.82, 2.24) is 0 Å². The highest BCUT2D eigenvalue weighted by molar-refractivity contribution is 5.72. The summed E-state index contributed by atoms with van der Waals surface area (Å²) in [4.78, 5) is 11.6. The first-order valence-corrected chi connectivity index (χ1v) is 5.96. The topological polar surface area (TPSA) is 46.5 Å². The second kappa shape index (κ2) is 8.72. The largest absolute Gasteiger partial charge is 0.465 e. The molecule has 0 saturated carbocycles. The van der Waals surface area contributed by atoms with Gasteiger partial charge in [0.15, 0.2) is 0 Å². The van der Waals surface area contributed by atoms with Crippen molar-refractivity contribution in [2.24, 2.45) is 5.92 Å². The van der Waals surface area contributed by atoms with Gasteiger partial charge in [0.25, 0.3) is 0 Å². The molecule has 0 fully saturated rings. The summed E-state index contributed by atoms with van der Waals surface area (Å²) in [5, 5.41) is 9.02. The summed E-state index contributed by atoms with van der Waals surface area (Å²) in [5.74, 6) is -0.0478. The highest BCUT2D eigenvalue weighted by Gasteiger charge is 2.17. The number of rotatable bonds is 8. The van der Waals surface area contributed by atoms with Gasteiger partial charge < -0.3 is 9.84 Å². The van der Waals surface area contributed by atoms with Gasteiger partial charge >= 0.3 is 5.97 Å². The Morgan fingerprint density at radius 2 is 1.73 bits per heavy atom. The average Bonchev–Trinajstić information content (AvgIpc) is 2.16. The smallest absolute Gasteiger partial charge is 0.308 e. The number of aliphatic hydroxyl groups excluding tert-OH is 1. The molecule has 0 saturated heterocycles. The number of aliphatic hydroxyl groups is 1. The van der Waals surface area contributed by atoms with Crippen LogP contribution in [0.15, 0.2) is 0 Å². The Balaban J connectivity index is 3.80. The number of esters is 1. The van der Waals surface area contributed by atoms with Crippen molar-refractivity contribution >= 4 is 5.97 Å². The highest BCUT2D eigenvalue weighted by Crippen LogP contribution is 2.15. The molecule has 0 bridgehead atoms. The third kappa shape index (κ3) is 7.37. The van der Waals surface area contributed by atoms with Gasteiger partial charge in [-0.05, 0) is 19.8 Å². The molecule has 0 amide bonds. The molecule has 3 heteroatoms. The minimum atomic E-state index is -0.395. The van der Waals surface area contributed by atoms with E-state index in [0.717, 1.165) is 25.7 Å². The molecular formula is C12H24O3. The van der Waals surface area contributed by atoms with E-state index in [9.17, 15) is 4.79 Å². The molecular weight excluding hydrogens is 192 g/mol. The van der Waals surface area contributed by atoms with Gasteiger partial charge in [-0.2, -0.15) is 0 Å². The van der Waals surface area contributed by atoms with Crippen LogP contribution < -0.4 is 0 Å². The zero-order valence-corrected chi connectivity index (χ0v) is 10.2. The molecule has 90 valence electrons. The first-order chi connectivity index (χ1) is 7.11. The first kappa shape index (κ1) is 14.4. The van der Waals surface area contributed by atoms with Gasteiger partial charge in [0, 0.05) is 6.42 Å². The second-order valence-electron chi connectivity index (χ2n) is 4.08. The lowest BCUT2D eigenvalue weighted by Crippen LogP contribution is -2.19. The fourth-order valence-electron chi connectivity index (χ4n) is 1.52. The molecule has 0 aromatic carbocycles. The summed E-state index contributed by atoms with van der Waals surface area (Å²) < 4.78 is 5.12. The van der Waals surface area contributed by atoms with E-state index in [-0.39, 0.29) is 11.9 Å². The van der Waals surface area contributed by atoms with Crippen molar-refractivity contribution in [3.63, 3.8) is 0 Å². The molecule has 0 aliphatic heterocycles. The molecule has 0 spiro atoms. The van der Waals surface area contributed by atoms with Gasteiger partial charge in [-0.25, -0.2) is 0 Å². The molecule has 0 heterocycles. The maximum Gasteiger partial charge on any atom is 0.308 e. The maximum absolute atomic E-state index is 11.6. The zero-order valence-electron chi connectivity index (χ0n) is 10.2. The third-order valence-corrected chi connectivity index (χ3v) is 2.39. The van der Waals surface area contributed by atoms with Crippen LogP contribution in [-0.4, -0.2) is 23.8 Å². The van der Waals surface area contributed by atoms with Crippen molar-refractivity contribution < 1.29 is 14.6 Å². The fraction of sp³-hybridized carbons (Fsp3) is 0.917. The predicted octanol–water partition coefficient (Wildman–Crippen LogP) is 2.52. The van der Waals surface area contributed by atoms with Crippen LogP contribution in [0.25, 0.3) is 0 Å².